The average Bonchev–Trinajstić information content (AvgIpc) is 2.63. The Bertz CT molecular complexity index is 329. The number of carbonyl (C=O) groups excluding carboxylic acids is 1. The topological polar surface area (TPSA) is 29.5 Å². The van der Waals surface area contributed by atoms with Crippen molar-refractivity contribution in [3.05, 3.63) is 0 Å². The molecule has 0 aromatic rings. The zero-order valence-corrected chi connectivity index (χ0v) is 10.3. The van der Waals surface area contributed by atoms with Gasteiger partial charge in [-0.05, 0) is 39.0 Å². The lowest BCUT2D eigenvalue weighted by molar-refractivity contribution is -0.153. The monoisotopic (exact) mass is 241 g/mol. The van der Waals surface area contributed by atoms with E-state index in [2.05, 4.69) is 6.92 Å². The van der Waals surface area contributed by atoms with Crippen molar-refractivity contribution in [3.63, 3.8) is 0 Å². The molecular formula is C13H20FNO2. The van der Waals surface area contributed by atoms with Crippen molar-refractivity contribution < 1.29 is 13.9 Å². The van der Waals surface area contributed by atoms with Gasteiger partial charge in [-0.3, -0.25) is 4.79 Å². The predicted octanol–water partition coefficient (Wildman–Crippen LogP) is 1.90. The highest BCUT2D eigenvalue weighted by Gasteiger charge is 2.49. The largest absolute Gasteiger partial charge is 0.375 e. The van der Waals surface area contributed by atoms with Gasteiger partial charge in [0, 0.05) is 19.0 Å². The fraction of sp³-hybridized carbons (Fsp3) is 0.923. The Balaban J connectivity index is 1.64. The van der Waals surface area contributed by atoms with Crippen molar-refractivity contribution in [2.75, 3.05) is 13.1 Å². The molecular weight excluding hydrogens is 221 g/mol. The predicted molar refractivity (Wildman–Crippen MR) is 61.3 cm³/mol. The van der Waals surface area contributed by atoms with E-state index >= 15 is 0 Å². The molecule has 1 amide bonds. The summed E-state index contributed by atoms with van der Waals surface area (Å²) in [5.74, 6) is 0.160. The lowest BCUT2D eigenvalue weighted by atomic mass is 9.80. The molecule has 0 N–H and O–H groups in total. The Hall–Kier alpha value is -0.640. The highest BCUT2D eigenvalue weighted by atomic mass is 19.1. The molecule has 2 aliphatic heterocycles. The van der Waals surface area contributed by atoms with Crippen LogP contribution in [0.3, 0.4) is 0 Å². The zero-order chi connectivity index (χ0) is 12.0. The molecule has 2 saturated heterocycles. The smallest absolute Gasteiger partial charge is 0.260 e. The van der Waals surface area contributed by atoms with E-state index in [-0.39, 0.29) is 5.91 Å². The van der Waals surface area contributed by atoms with E-state index in [1.165, 1.54) is 0 Å². The summed E-state index contributed by atoms with van der Waals surface area (Å²) in [6.45, 7) is 3.44. The Labute approximate surface area is 101 Å². The summed E-state index contributed by atoms with van der Waals surface area (Å²) in [4.78, 5) is 13.8. The van der Waals surface area contributed by atoms with Crippen LogP contribution in [0.4, 0.5) is 4.39 Å². The molecule has 3 atom stereocenters. The molecule has 2 heterocycles. The van der Waals surface area contributed by atoms with Gasteiger partial charge in [-0.2, -0.15) is 0 Å². The second kappa shape index (κ2) is 3.94. The zero-order valence-electron chi connectivity index (χ0n) is 10.3. The molecule has 3 aliphatic rings. The highest BCUT2D eigenvalue weighted by Crippen LogP contribution is 2.39. The molecule has 3 fully saturated rings. The maximum atomic E-state index is 14.1. The van der Waals surface area contributed by atoms with E-state index in [1.807, 2.05) is 0 Å². The first-order valence-electron chi connectivity index (χ1n) is 6.72. The Kier molecular flexibility index (Phi) is 2.65. The van der Waals surface area contributed by atoms with Crippen LogP contribution in [-0.4, -0.2) is 41.8 Å². The minimum absolute atomic E-state index is 0.262. The van der Waals surface area contributed by atoms with E-state index in [9.17, 15) is 9.18 Å². The molecule has 1 aliphatic carbocycles. The summed E-state index contributed by atoms with van der Waals surface area (Å²) in [6, 6.07) is 0. The number of rotatable bonds is 1. The maximum absolute atomic E-state index is 14.1. The number of likely N-dealkylation sites (tertiary alicyclic amines) is 1. The van der Waals surface area contributed by atoms with Crippen LogP contribution in [0.1, 0.15) is 39.0 Å². The molecule has 0 unspecified atom stereocenters. The first kappa shape index (κ1) is 11.5. The molecule has 17 heavy (non-hydrogen) atoms. The van der Waals surface area contributed by atoms with Gasteiger partial charge in [-0.25, -0.2) is 4.39 Å². The fourth-order valence-corrected chi connectivity index (χ4v) is 3.37. The summed E-state index contributed by atoms with van der Waals surface area (Å²) < 4.78 is 19.9. The van der Waals surface area contributed by atoms with Gasteiger partial charge in [0.25, 0.3) is 5.91 Å². The normalized spacial score (nSPS) is 39.6. The third-order valence-electron chi connectivity index (χ3n) is 4.52. The second-order valence-electron chi connectivity index (χ2n) is 5.84. The Morgan fingerprint density at radius 3 is 2.88 bits per heavy atom. The van der Waals surface area contributed by atoms with Gasteiger partial charge in [0.05, 0.1) is 12.2 Å². The van der Waals surface area contributed by atoms with Crippen LogP contribution in [0.25, 0.3) is 0 Å². The van der Waals surface area contributed by atoms with Gasteiger partial charge in [-0.15, -0.1) is 0 Å². The Morgan fingerprint density at radius 2 is 2.24 bits per heavy atom. The minimum Gasteiger partial charge on any atom is -0.375 e. The van der Waals surface area contributed by atoms with Crippen molar-refractivity contribution in [2.24, 2.45) is 5.92 Å². The number of alkyl halides is 1. The van der Waals surface area contributed by atoms with Crippen LogP contribution >= 0.6 is 0 Å². The third-order valence-corrected chi connectivity index (χ3v) is 4.52. The molecule has 1 saturated carbocycles. The van der Waals surface area contributed by atoms with Crippen LogP contribution in [0, 0.1) is 5.92 Å². The minimum atomic E-state index is -1.53. The van der Waals surface area contributed by atoms with Crippen LogP contribution in [0.2, 0.25) is 0 Å². The first-order valence-corrected chi connectivity index (χ1v) is 6.72. The van der Waals surface area contributed by atoms with E-state index < -0.39 is 5.67 Å². The number of hydrogen-bond acceptors (Lipinski definition) is 2. The summed E-state index contributed by atoms with van der Waals surface area (Å²) in [7, 11) is 0. The lowest BCUT2D eigenvalue weighted by Gasteiger charge is -2.41. The van der Waals surface area contributed by atoms with Crippen molar-refractivity contribution in [1.82, 2.24) is 4.90 Å². The molecule has 0 radical (unpaired) electrons. The van der Waals surface area contributed by atoms with E-state index in [1.54, 1.807) is 4.90 Å². The van der Waals surface area contributed by atoms with E-state index in [4.69, 9.17) is 4.74 Å². The van der Waals surface area contributed by atoms with Crippen molar-refractivity contribution in [2.45, 2.75) is 56.9 Å². The van der Waals surface area contributed by atoms with Crippen LogP contribution in [-0.2, 0) is 9.53 Å². The molecule has 0 spiro atoms. The number of hydrogen-bond donors (Lipinski definition) is 0. The van der Waals surface area contributed by atoms with Crippen LogP contribution < -0.4 is 0 Å². The average molecular weight is 241 g/mol. The van der Waals surface area contributed by atoms with Crippen LogP contribution in [0.5, 0.6) is 0 Å². The summed E-state index contributed by atoms with van der Waals surface area (Å²) >= 11 is 0. The van der Waals surface area contributed by atoms with E-state index in [0.717, 1.165) is 19.3 Å². The second-order valence-corrected chi connectivity index (χ2v) is 5.84. The van der Waals surface area contributed by atoms with Crippen molar-refractivity contribution in [3.8, 4) is 0 Å². The maximum Gasteiger partial charge on any atom is 0.260 e. The van der Waals surface area contributed by atoms with Gasteiger partial charge >= 0.3 is 0 Å². The standard InChI is InChI=1S/C13H20FNO2/c1-9-7-10-8-15(6-3-11(10)17-9)12(16)13(14)4-2-5-13/h9-11H,2-8H2,1H3/t9-,10-,11-/m0/s1. The number of nitrogens with zero attached hydrogens (tertiary/aromatic N) is 1. The molecule has 4 heteroatoms. The highest BCUT2D eigenvalue weighted by molar-refractivity contribution is 5.86. The molecule has 0 bridgehead atoms. The van der Waals surface area contributed by atoms with Gasteiger partial charge in [0.1, 0.15) is 0 Å². The number of carbonyl (C=O) groups is 1. The fourth-order valence-electron chi connectivity index (χ4n) is 3.37. The molecule has 0 aromatic heterocycles. The van der Waals surface area contributed by atoms with E-state index in [0.29, 0.717) is 44.1 Å². The number of fused-ring (bicyclic) bond motifs is 1. The molecule has 3 nitrogen and oxygen atoms in total. The summed E-state index contributed by atoms with van der Waals surface area (Å²) in [5, 5.41) is 0. The first-order chi connectivity index (χ1) is 8.08. The van der Waals surface area contributed by atoms with Crippen LogP contribution in [0.15, 0.2) is 0 Å². The van der Waals surface area contributed by atoms with Gasteiger partial charge in [0.15, 0.2) is 5.67 Å². The molecule has 96 valence electrons. The molecule has 3 rings (SSSR count). The number of amides is 1. The summed E-state index contributed by atoms with van der Waals surface area (Å²) in [6.07, 6.45) is 4.16. The number of piperidine rings is 1. The van der Waals surface area contributed by atoms with Crippen molar-refractivity contribution >= 4 is 5.91 Å². The lowest BCUT2D eigenvalue weighted by Crippen LogP contribution is -2.54. The Morgan fingerprint density at radius 1 is 1.47 bits per heavy atom. The van der Waals surface area contributed by atoms with Crippen molar-refractivity contribution in [1.29, 1.82) is 0 Å². The van der Waals surface area contributed by atoms with Gasteiger partial charge in [-0.1, -0.05) is 0 Å². The SMILES string of the molecule is C[C@H]1C[C@H]2CN(C(=O)C3(F)CCC3)CC[C@@H]2O1. The molecule has 0 aromatic carbocycles. The van der Waals surface area contributed by atoms with Gasteiger partial charge < -0.3 is 9.64 Å². The number of ether oxygens (including phenoxy) is 1. The third kappa shape index (κ3) is 1.86. The summed E-state index contributed by atoms with van der Waals surface area (Å²) in [5.41, 5.74) is -1.53. The number of halogens is 1. The quantitative estimate of drug-likeness (QED) is 0.701. The van der Waals surface area contributed by atoms with Gasteiger partial charge in [0.2, 0.25) is 0 Å².